The Morgan fingerprint density at radius 1 is 0.500 bits per heavy atom. The van der Waals surface area contributed by atoms with Gasteiger partial charge >= 0.3 is 6.16 Å². The predicted molar refractivity (Wildman–Crippen MR) is 119 cm³/mol. The lowest BCUT2D eigenvalue weighted by Crippen LogP contribution is -2.16. The highest BCUT2D eigenvalue weighted by molar-refractivity contribution is 5.79. The summed E-state index contributed by atoms with van der Waals surface area (Å²) in [4.78, 5) is 22.3. The fraction of sp³-hybridized carbons (Fsp3) is 0. The predicted octanol–water partition coefficient (Wildman–Crippen LogP) is 6.53. The number of nitrogens with one attached hydrogen (secondary N) is 2. The molecule has 0 saturated carbocycles. The summed E-state index contributed by atoms with van der Waals surface area (Å²) in [6.07, 6.45) is -0.902. The van der Waals surface area contributed by atoms with Crippen LogP contribution in [-0.4, -0.2) is 6.16 Å². The van der Waals surface area contributed by atoms with Gasteiger partial charge in [-0.3, -0.25) is 0 Å². The summed E-state index contributed by atoms with van der Waals surface area (Å²) in [6.45, 7) is 0. The van der Waals surface area contributed by atoms with Crippen LogP contribution in [0.5, 0.6) is 0 Å². The van der Waals surface area contributed by atoms with Crippen molar-refractivity contribution in [3.05, 3.63) is 109 Å². The Morgan fingerprint density at radius 3 is 1.30 bits per heavy atom. The van der Waals surface area contributed by atoms with Crippen LogP contribution in [0.25, 0.3) is 22.3 Å². The SMILES string of the molecule is O=C(ONc1ccccc1-c1ccccc1)ONc1ccccc1-c1ccccc1. The minimum absolute atomic E-state index is 0.658. The van der Waals surface area contributed by atoms with Gasteiger partial charge < -0.3 is 9.68 Å². The topological polar surface area (TPSA) is 59.6 Å². The van der Waals surface area contributed by atoms with E-state index < -0.39 is 6.16 Å². The van der Waals surface area contributed by atoms with Crippen LogP contribution < -0.4 is 11.0 Å². The Labute approximate surface area is 174 Å². The molecule has 0 saturated heterocycles. The molecule has 4 rings (SSSR count). The van der Waals surface area contributed by atoms with Crippen molar-refractivity contribution >= 4 is 17.5 Å². The lowest BCUT2D eigenvalue weighted by atomic mass is 10.0. The molecule has 0 unspecified atom stereocenters. The van der Waals surface area contributed by atoms with Crippen LogP contribution in [0, 0.1) is 0 Å². The average molecular weight is 396 g/mol. The monoisotopic (exact) mass is 396 g/mol. The van der Waals surface area contributed by atoms with E-state index in [4.69, 9.17) is 9.68 Å². The summed E-state index contributed by atoms with van der Waals surface area (Å²) in [5.74, 6) is 0. The molecule has 0 aliphatic rings. The van der Waals surface area contributed by atoms with E-state index in [0.717, 1.165) is 22.3 Å². The molecule has 4 aromatic rings. The Bertz CT molecular complexity index is 1030. The smallest absolute Gasteiger partial charge is 0.307 e. The van der Waals surface area contributed by atoms with Crippen molar-refractivity contribution in [3.63, 3.8) is 0 Å². The zero-order valence-electron chi connectivity index (χ0n) is 16.1. The molecule has 4 aromatic carbocycles. The zero-order chi connectivity index (χ0) is 20.6. The maximum absolute atomic E-state index is 12.1. The molecule has 148 valence electrons. The molecule has 0 radical (unpaired) electrons. The van der Waals surface area contributed by atoms with E-state index in [2.05, 4.69) is 11.0 Å². The number of hydrogen-bond donors (Lipinski definition) is 2. The summed E-state index contributed by atoms with van der Waals surface area (Å²) in [6, 6.07) is 34.8. The lowest BCUT2D eigenvalue weighted by molar-refractivity contribution is 0.0905. The van der Waals surface area contributed by atoms with E-state index >= 15 is 0 Å². The molecule has 5 heteroatoms. The third-order valence-corrected chi connectivity index (χ3v) is 4.51. The summed E-state index contributed by atoms with van der Waals surface area (Å²) in [7, 11) is 0. The molecular formula is C25H20N2O3. The van der Waals surface area contributed by atoms with Crippen LogP contribution in [0.4, 0.5) is 16.2 Å². The maximum atomic E-state index is 12.1. The van der Waals surface area contributed by atoms with E-state index in [9.17, 15) is 4.79 Å². The van der Waals surface area contributed by atoms with Crippen LogP contribution in [0.15, 0.2) is 109 Å². The first-order valence-corrected chi connectivity index (χ1v) is 9.50. The third kappa shape index (κ3) is 4.59. The van der Waals surface area contributed by atoms with E-state index in [1.807, 2.05) is 109 Å². The molecule has 0 amide bonds. The van der Waals surface area contributed by atoms with Crippen molar-refractivity contribution in [2.45, 2.75) is 0 Å². The molecule has 0 fully saturated rings. The van der Waals surface area contributed by atoms with Crippen LogP contribution >= 0.6 is 0 Å². The first-order valence-electron chi connectivity index (χ1n) is 9.50. The van der Waals surface area contributed by atoms with Crippen LogP contribution in [0.2, 0.25) is 0 Å². The molecule has 0 heterocycles. The number of carbonyl (C=O) groups is 1. The molecule has 5 nitrogen and oxygen atoms in total. The zero-order valence-corrected chi connectivity index (χ0v) is 16.1. The molecule has 0 spiro atoms. The second kappa shape index (κ2) is 9.30. The van der Waals surface area contributed by atoms with Gasteiger partial charge in [0, 0.05) is 11.1 Å². The largest absolute Gasteiger partial charge is 0.558 e. The number of carbonyl (C=O) groups excluding carboxylic acids is 1. The van der Waals surface area contributed by atoms with Gasteiger partial charge in [-0.15, -0.1) is 0 Å². The van der Waals surface area contributed by atoms with Crippen molar-refractivity contribution in [2.75, 3.05) is 11.0 Å². The van der Waals surface area contributed by atoms with E-state index in [0.29, 0.717) is 11.4 Å². The van der Waals surface area contributed by atoms with Crippen LogP contribution in [-0.2, 0) is 9.68 Å². The van der Waals surface area contributed by atoms with Crippen molar-refractivity contribution in [3.8, 4) is 22.3 Å². The van der Waals surface area contributed by atoms with E-state index in [-0.39, 0.29) is 0 Å². The highest BCUT2D eigenvalue weighted by Crippen LogP contribution is 2.29. The Morgan fingerprint density at radius 2 is 0.867 bits per heavy atom. The summed E-state index contributed by atoms with van der Waals surface area (Å²) in [5.41, 5.74) is 10.5. The van der Waals surface area contributed by atoms with Gasteiger partial charge in [0.25, 0.3) is 0 Å². The molecule has 0 atom stereocenters. The average Bonchev–Trinajstić information content (AvgIpc) is 2.83. The quantitative estimate of drug-likeness (QED) is 0.363. The summed E-state index contributed by atoms with van der Waals surface area (Å²) < 4.78 is 0. The molecule has 30 heavy (non-hydrogen) atoms. The van der Waals surface area contributed by atoms with Crippen molar-refractivity contribution < 1.29 is 14.5 Å². The van der Waals surface area contributed by atoms with Crippen molar-refractivity contribution in [2.24, 2.45) is 0 Å². The minimum atomic E-state index is -0.902. The van der Waals surface area contributed by atoms with Gasteiger partial charge in [0.15, 0.2) is 0 Å². The molecule has 2 N–H and O–H groups in total. The van der Waals surface area contributed by atoms with E-state index in [1.165, 1.54) is 0 Å². The van der Waals surface area contributed by atoms with Gasteiger partial charge in [-0.25, -0.2) is 11.0 Å². The number of para-hydroxylation sites is 2. The first-order chi connectivity index (χ1) is 14.8. The normalized spacial score (nSPS) is 10.1. The third-order valence-electron chi connectivity index (χ3n) is 4.51. The van der Waals surface area contributed by atoms with E-state index in [1.54, 1.807) is 0 Å². The molecule has 0 aromatic heterocycles. The summed E-state index contributed by atoms with van der Waals surface area (Å²) in [5, 5.41) is 0. The van der Waals surface area contributed by atoms with Gasteiger partial charge in [0.05, 0.1) is 11.4 Å². The molecule has 0 aliphatic heterocycles. The molecular weight excluding hydrogens is 376 g/mol. The van der Waals surface area contributed by atoms with Crippen molar-refractivity contribution in [1.29, 1.82) is 0 Å². The Hall–Kier alpha value is -4.25. The maximum Gasteiger partial charge on any atom is 0.558 e. The number of hydrogen-bond acceptors (Lipinski definition) is 5. The summed E-state index contributed by atoms with van der Waals surface area (Å²) >= 11 is 0. The molecule has 0 aliphatic carbocycles. The van der Waals surface area contributed by atoms with Gasteiger partial charge in [0.1, 0.15) is 0 Å². The van der Waals surface area contributed by atoms with Crippen molar-refractivity contribution in [1.82, 2.24) is 0 Å². The van der Waals surface area contributed by atoms with Gasteiger partial charge in [-0.2, -0.15) is 4.79 Å². The van der Waals surface area contributed by atoms with Gasteiger partial charge in [-0.1, -0.05) is 97.1 Å². The van der Waals surface area contributed by atoms with Crippen LogP contribution in [0.1, 0.15) is 0 Å². The Kier molecular flexibility index (Phi) is 5.91. The highest BCUT2D eigenvalue weighted by Gasteiger charge is 2.11. The van der Waals surface area contributed by atoms with Gasteiger partial charge in [0.2, 0.25) is 0 Å². The Balaban J connectivity index is 1.40. The molecule has 0 bridgehead atoms. The second-order valence-electron chi connectivity index (χ2n) is 6.48. The second-order valence-corrected chi connectivity index (χ2v) is 6.48. The number of anilines is 2. The highest BCUT2D eigenvalue weighted by atomic mass is 16.9. The number of rotatable bonds is 6. The minimum Gasteiger partial charge on any atom is -0.307 e. The first kappa shape index (κ1) is 19.1. The fourth-order valence-corrected chi connectivity index (χ4v) is 3.10. The van der Waals surface area contributed by atoms with Crippen LogP contribution in [0.3, 0.4) is 0 Å². The number of benzene rings is 4. The standard InChI is InChI=1S/C25H20N2O3/c28-25(29-26-23-17-9-7-15-21(23)19-11-3-1-4-12-19)30-27-24-18-10-8-16-22(24)20-13-5-2-6-14-20/h1-18,26-27H. The lowest BCUT2D eigenvalue weighted by Gasteiger charge is -2.13. The van der Waals surface area contributed by atoms with Gasteiger partial charge in [-0.05, 0) is 23.3 Å². The fourth-order valence-electron chi connectivity index (χ4n) is 3.10.